The molecule has 0 fully saturated rings. The van der Waals surface area contributed by atoms with Gasteiger partial charge in [-0.25, -0.2) is 0 Å². The zero-order chi connectivity index (χ0) is 17.5. The largest absolute Gasteiger partial charge is 0.0783 e. The molecule has 0 N–H and O–H groups in total. The van der Waals surface area contributed by atoms with Gasteiger partial charge in [0, 0.05) is 0 Å². The van der Waals surface area contributed by atoms with Crippen LogP contribution in [-0.4, -0.2) is 16.1 Å². The summed E-state index contributed by atoms with van der Waals surface area (Å²) in [5.74, 6) is 0. The minimum atomic E-state index is -1.35. The molecule has 0 nitrogen and oxygen atoms in total. The Morgan fingerprint density at radius 2 is 1.38 bits per heavy atom. The van der Waals surface area contributed by atoms with Crippen molar-refractivity contribution in [3.8, 4) is 0 Å². The molecule has 2 heteroatoms. The molecule has 1 aliphatic rings. The van der Waals surface area contributed by atoms with E-state index in [1.165, 1.54) is 21.9 Å². The van der Waals surface area contributed by atoms with Gasteiger partial charge in [0.15, 0.2) is 0 Å². The molecular formula is C22H28Si2. The van der Waals surface area contributed by atoms with E-state index >= 15 is 0 Å². The lowest BCUT2D eigenvalue weighted by molar-refractivity contribution is 1.60. The Morgan fingerprint density at radius 3 is 2.00 bits per heavy atom. The van der Waals surface area contributed by atoms with Gasteiger partial charge in [0.05, 0.1) is 16.1 Å². The van der Waals surface area contributed by atoms with Crippen LogP contribution in [0.1, 0.15) is 5.56 Å². The molecule has 0 saturated carbocycles. The van der Waals surface area contributed by atoms with Gasteiger partial charge >= 0.3 is 0 Å². The van der Waals surface area contributed by atoms with Crippen molar-refractivity contribution in [2.45, 2.75) is 39.3 Å². The lowest BCUT2D eigenvalue weighted by Gasteiger charge is -2.20. The highest BCUT2D eigenvalue weighted by Crippen LogP contribution is 2.36. The second-order valence-electron chi connectivity index (χ2n) is 8.86. The van der Waals surface area contributed by atoms with Gasteiger partial charge in [0.2, 0.25) is 0 Å². The maximum Gasteiger partial charge on any atom is 0.0783 e. The monoisotopic (exact) mass is 348 g/mol. The minimum Gasteiger partial charge on any atom is -0.0656 e. The first-order valence-electron chi connectivity index (χ1n) is 8.80. The van der Waals surface area contributed by atoms with Gasteiger partial charge in [-0.3, -0.25) is 0 Å². The van der Waals surface area contributed by atoms with Crippen LogP contribution < -0.4 is 0 Å². The second-order valence-corrected chi connectivity index (χ2v) is 19.0. The molecule has 0 heterocycles. The molecule has 2 aromatic carbocycles. The molecule has 0 radical (unpaired) electrons. The van der Waals surface area contributed by atoms with E-state index in [0.717, 1.165) is 0 Å². The van der Waals surface area contributed by atoms with E-state index in [4.69, 9.17) is 0 Å². The highest BCUT2D eigenvalue weighted by Gasteiger charge is 2.30. The van der Waals surface area contributed by atoms with Crippen LogP contribution in [0.2, 0.25) is 39.3 Å². The van der Waals surface area contributed by atoms with Gasteiger partial charge in [0.25, 0.3) is 0 Å². The first-order valence-corrected chi connectivity index (χ1v) is 15.8. The predicted octanol–water partition coefficient (Wildman–Crippen LogP) is 6.84. The fourth-order valence-corrected chi connectivity index (χ4v) is 6.11. The summed E-state index contributed by atoms with van der Waals surface area (Å²) in [6.45, 7) is 14.7. The molecule has 1 aliphatic carbocycles. The third-order valence-electron chi connectivity index (χ3n) is 4.69. The molecule has 124 valence electrons. The molecule has 0 aliphatic heterocycles. The van der Waals surface area contributed by atoms with Crippen LogP contribution in [0.5, 0.6) is 0 Å². The Bertz CT molecular complexity index is 869. The van der Waals surface area contributed by atoms with E-state index < -0.39 is 16.1 Å². The summed E-state index contributed by atoms with van der Waals surface area (Å²) in [4.78, 5) is 0. The zero-order valence-corrected chi connectivity index (χ0v) is 17.8. The van der Waals surface area contributed by atoms with Crippen LogP contribution >= 0.6 is 0 Å². The van der Waals surface area contributed by atoms with Crippen LogP contribution in [0.25, 0.3) is 16.8 Å². The summed E-state index contributed by atoms with van der Waals surface area (Å²) in [6, 6.07) is 15.4. The van der Waals surface area contributed by atoms with Crippen molar-refractivity contribution in [1.29, 1.82) is 0 Å². The quantitative estimate of drug-likeness (QED) is 0.532. The summed E-state index contributed by atoms with van der Waals surface area (Å²) in [7, 11) is -2.63. The van der Waals surface area contributed by atoms with Gasteiger partial charge in [-0.1, -0.05) is 98.2 Å². The topological polar surface area (TPSA) is 0 Å². The third-order valence-corrected chi connectivity index (χ3v) is 8.76. The van der Waals surface area contributed by atoms with E-state index in [1.54, 1.807) is 10.4 Å². The van der Waals surface area contributed by atoms with Crippen LogP contribution in [0.3, 0.4) is 0 Å². The van der Waals surface area contributed by atoms with Crippen molar-refractivity contribution in [1.82, 2.24) is 0 Å². The van der Waals surface area contributed by atoms with Gasteiger partial charge < -0.3 is 0 Å². The maximum atomic E-state index is 2.52. The van der Waals surface area contributed by atoms with Crippen LogP contribution in [0.4, 0.5) is 0 Å². The Balaban J connectivity index is 2.08. The Labute approximate surface area is 148 Å². The van der Waals surface area contributed by atoms with E-state index in [2.05, 4.69) is 100.0 Å². The summed E-state index contributed by atoms with van der Waals surface area (Å²) >= 11 is 0. The number of hydrogen-bond acceptors (Lipinski definition) is 0. The number of rotatable bonds is 3. The molecule has 0 amide bonds. The summed E-state index contributed by atoms with van der Waals surface area (Å²) < 4.78 is 0. The molecule has 3 rings (SSSR count). The Morgan fingerprint density at radius 1 is 0.708 bits per heavy atom. The molecule has 0 saturated heterocycles. The molecule has 0 atom stereocenters. The normalized spacial score (nSPS) is 17.3. The first kappa shape index (κ1) is 17.2. The lowest BCUT2D eigenvalue weighted by Crippen LogP contribution is -2.25. The number of benzene rings is 2. The van der Waals surface area contributed by atoms with Gasteiger partial charge in [-0.2, -0.15) is 0 Å². The van der Waals surface area contributed by atoms with Crippen molar-refractivity contribution in [2.24, 2.45) is 0 Å². The Hall–Kier alpha value is -1.65. The molecule has 0 spiro atoms. The van der Waals surface area contributed by atoms with E-state index in [9.17, 15) is 0 Å². The van der Waals surface area contributed by atoms with E-state index in [1.807, 2.05) is 0 Å². The smallest absolute Gasteiger partial charge is 0.0656 e. The van der Waals surface area contributed by atoms with E-state index in [0.29, 0.717) is 0 Å². The molecule has 2 aromatic rings. The number of allylic oxidation sites excluding steroid dienone is 5. The molecule has 24 heavy (non-hydrogen) atoms. The van der Waals surface area contributed by atoms with Gasteiger partial charge in [-0.05, 0) is 34.1 Å². The van der Waals surface area contributed by atoms with E-state index in [-0.39, 0.29) is 0 Å². The second kappa shape index (κ2) is 6.01. The highest BCUT2D eigenvalue weighted by atomic mass is 28.3. The van der Waals surface area contributed by atoms with Crippen molar-refractivity contribution >= 4 is 33.0 Å². The summed E-state index contributed by atoms with van der Waals surface area (Å²) in [5, 5.41) is 5.82. The molecule has 0 bridgehead atoms. The summed E-state index contributed by atoms with van der Waals surface area (Å²) in [5.41, 5.74) is 2.75. The van der Waals surface area contributed by atoms with Gasteiger partial charge in [-0.15, -0.1) is 0 Å². The minimum absolute atomic E-state index is 1.28. The fourth-order valence-electron chi connectivity index (χ4n) is 3.20. The third kappa shape index (κ3) is 3.55. The van der Waals surface area contributed by atoms with Crippen LogP contribution in [-0.2, 0) is 0 Å². The Kier molecular flexibility index (Phi) is 4.31. The van der Waals surface area contributed by atoms with Crippen molar-refractivity contribution < 1.29 is 0 Å². The SMILES string of the molecule is C[Si](C)(C)C1=C/C(=C\c2ccc3ccccc3c2)C([Si](C)(C)C)=C1. The van der Waals surface area contributed by atoms with Crippen LogP contribution in [0.15, 0.2) is 70.6 Å². The molecule has 0 unspecified atom stereocenters. The summed E-state index contributed by atoms with van der Waals surface area (Å²) in [6.07, 6.45) is 7.38. The average Bonchev–Trinajstić information content (AvgIpc) is 2.91. The fraction of sp³-hybridized carbons (Fsp3) is 0.273. The number of fused-ring (bicyclic) bond motifs is 1. The number of hydrogen-bond donors (Lipinski definition) is 0. The maximum absolute atomic E-state index is 2.52. The van der Waals surface area contributed by atoms with Gasteiger partial charge in [0.1, 0.15) is 0 Å². The predicted molar refractivity (Wildman–Crippen MR) is 115 cm³/mol. The van der Waals surface area contributed by atoms with Crippen molar-refractivity contribution in [3.05, 3.63) is 76.1 Å². The molecule has 0 aromatic heterocycles. The average molecular weight is 349 g/mol. The standard InChI is InChI=1S/C22H28Si2/c1-23(2,3)21-15-20(22(16-21)24(4,5)6)14-17-11-12-18-9-7-8-10-19(18)13-17/h7-16H,1-6H3/b20-14+. The molecular weight excluding hydrogens is 320 g/mol. The van der Waals surface area contributed by atoms with Crippen molar-refractivity contribution in [3.63, 3.8) is 0 Å². The highest BCUT2D eigenvalue weighted by molar-refractivity contribution is 6.87. The van der Waals surface area contributed by atoms with Crippen LogP contribution in [0, 0.1) is 0 Å². The lowest BCUT2D eigenvalue weighted by atomic mass is 10.1. The first-order chi connectivity index (χ1) is 11.1. The van der Waals surface area contributed by atoms with Crippen molar-refractivity contribution in [2.75, 3.05) is 0 Å². The zero-order valence-electron chi connectivity index (χ0n) is 15.8.